The Morgan fingerprint density at radius 1 is 1.53 bits per heavy atom. The average Bonchev–Trinajstić information content (AvgIpc) is 2.30. The van der Waals surface area contributed by atoms with Crippen LogP contribution in [0.2, 0.25) is 5.02 Å². The van der Waals surface area contributed by atoms with E-state index in [1.54, 1.807) is 0 Å². The standard InChI is InChI=1S/C9H12ClN3O2/c10-7-3-12-9(13-4-7)15-6-8-5-11-1-2-14-8/h3-4,8,11H,1-2,5-6H2. The topological polar surface area (TPSA) is 56.3 Å². The SMILES string of the molecule is Clc1cnc(OCC2CNCCO2)nc1. The highest BCUT2D eigenvalue weighted by Gasteiger charge is 2.14. The Morgan fingerprint density at radius 3 is 3.00 bits per heavy atom. The number of ether oxygens (including phenoxy) is 2. The van der Waals surface area contributed by atoms with E-state index in [0.717, 1.165) is 19.7 Å². The first-order valence-electron chi connectivity index (χ1n) is 4.77. The molecular weight excluding hydrogens is 218 g/mol. The van der Waals surface area contributed by atoms with E-state index in [1.807, 2.05) is 0 Å². The van der Waals surface area contributed by atoms with Gasteiger partial charge in [-0.25, -0.2) is 9.97 Å². The Bertz CT molecular complexity index is 301. The van der Waals surface area contributed by atoms with Crippen LogP contribution < -0.4 is 10.1 Å². The first kappa shape index (κ1) is 10.6. The zero-order valence-corrected chi connectivity index (χ0v) is 8.91. The fraction of sp³-hybridized carbons (Fsp3) is 0.556. The molecule has 1 fully saturated rings. The van der Waals surface area contributed by atoms with Crippen LogP contribution in [0.25, 0.3) is 0 Å². The van der Waals surface area contributed by atoms with E-state index >= 15 is 0 Å². The van der Waals surface area contributed by atoms with Crippen LogP contribution in [-0.4, -0.2) is 42.4 Å². The van der Waals surface area contributed by atoms with E-state index < -0.39 is 0 Å². The summed E-state index contributed by atoms with van der Waals surface area (Å²) in [7, 11) is 0. The van der Waals surface area contributed by atoms with E-state index in [4.69, 9.17) is 21.1 Å². The quantitative estimate of drug-likeness (QED) is 0.818. The van der Waals surface area contributed by atoms with Gasteiger partial charge >= 0.3 is 6.01 Å². The summed E-state index contributed by atoms with van der Waals surface area (Å²) in [6.07, 6.45) is 3.08. The maximum absolute atomic E-state index is 5.65. The number of rotatable bonds is 3. The molecule has 1 aromatic heterocycles. The predicted octanol–water partition coefficient (Wildman–Crippen LogP) is 0.497. The Balaban J connectivity index is 1.79. The Labute approximate surface area is 92.8 Å². The Hall–Kier alpha value is -0.910. The third kappa shape index (κ3) is 3.30. The highest BCUT2D eigenvalue weighted by atomic mass is 35.5. The molecule has 5 nitrogen and oxygen atoms in total. The second-order valence-electron chi connectivity index (χ2n) is 3.19. The van der Waals surface area contributed by atoms with Gasteiger partial charge in [-0.05, 0) is 0 Å². The molecule has 0 aromatic carbocycles. The van der Waals surface area contributed by atoms with Crippen molar-refractivity contribution in [3.63, 3.8) is 0 Å². The van der Waals surface area contributed by atoms with Gasteiger partial charge in [0.15, 0.2) is 0 Å². The molecule has 6 heteroatoms. The maximum Gasteiger partial charge on any atom is 0.316 e. The molecule has 0 spiro atoms. The highest BCUT2D eigenvalue weighted by molar-refractivity contribution is 6.30. The minimum absolute atomic E-state index is 0.0676. The maximum atomic E-state index is 5.65. The van der Waals surface area contributed by atoms with Gasteiger partial charge in [0.05, 0.1) is 24.0 Å². The molecule has 0 amide bonds. The number of halogens is 1. The lowest BCUT2D eigenvalue weighted by Crippen LogP contribution is -2.41. The summed E-state index contributed by atoms with van der Waals surface area (Å²) in [5, 5.41) is 3.71. The van der Waals surface area contributed by atoms with Crippen LogP contribution in [0.5, 0.6) is 6.01 Å². The van der Waals surface area contributed by atoms with Crippen LogP contribution in [0.15, 0.2) is 12.4 Å². The molecule has 1 aromatic rings. The van der Waals surface area contributed by atoms with Crippen molar-refractivity contribution in [3.05, 3.63) is 17.4 Å². The zero-order chi connectivity index (χ0) is 10.5. The molecule has 0 saturated carbocycles. The number of nitrogens with one attached hydrogen (secondary N) is 1. The molecule has 15 heavy (non-hydrogen) atoms. The lowest BCUT2D eigenvalue weighted by molar-refractivity contribution is -0.00178. The number of hydrogen-bond donors (Lipinski definition) is 1. The largest absolute Gasteiger partial charge is 0.461 e. The summed E-state index contributed by atoms with van der Waals surface area (Å²) in [5.41, 5.74) is 0. The lowest BCUT2D eigenvalue weighted by Gasteiger charge is -2.22. The average molecular weight is 230 g/mol. The predicted molar refractivity (Wildman–Crippen MR) is 55.1 cm³/mol. The van der Waals surface area contributed by atoms with E-state index in [-0.39, 0.29) is 6.10 Å². The van der Waals surface area contributed by atoms with Crippen molar-refractivity contribution in [2.75, 3.05) is 26.3 Å². The molecule has 1 N–H and O–H groups in total. The van der Waals surface area contributed by atoms with Crippen molar-refractivity contribution in [1.82, 2.24) is 15.3 Å². The van der Waals surface area contributed by atoms with Crippen LogP contribution in [0, 0.1) is 0 Å². The molecule has 1 atom stereocenters. The van der Waals surface area contributed by atoms with E-state index in [2.05, 4.69) is 15.3 Å². The molecule has 1 saturated heterocycles. The molecule has 0 radical (unpaired) electrons. The smallest absolute Gasteiger partial charge is 0.316 e. The third-order valence-electron chi connectivity index (χ3n) is 2.00. The van der Waals surface area contributed by atoms with Gasteiger partial charge in [0, 0.05) is 13.1 Å². The molecule has 2 heterocycles. The van der Waals surface area contributed by atoms with Gasteiger partial charge in [0.2, 0.25) is 0 Å². The summed E-state index contributed by atoms with van der Waals surface area (Å²) in [4.78, 5) is 7.84. The fourth-order valence-electron chi connectivity index (χ4n) is 1.27. The van der Waals surface area contributed by atoms with Gasteiger partial charge in [0.1, 0.15) is 12.7 Å². The summed E-state index contributed by atoms with van der Waals surface area (Å²) >= 11 is 5.65. The third-order valence-corrected chi connectivity index (χ3v) is 2.19. The van der Waals surface area contributed by atoms with Crippen LogP contribution in [0.3, 0.4) is 0 Å². The van der Waals surface area contributed by atoms with Gasteiger partial charge in [-0.1, -0.05) is 11.6 Å². The van der Waals surface area contributed by atoms with Crippen LogP contribution in [0.1, 0.15) is 0 Å². The van der Waals surface area contributed by atoms with Crippen molar-refractivity contribution < 1.29 is 9.47 Å². The molecule has 0 bridgehead atoms. The number of hydrogen-bond acceptors (Lipinski definition) is 5. The zero-order valence-electron chi connectivity index (χ0n) is 8.15. The van der Waals surface area contributed by atoms with Crippen molar-refractivity contribution >= 4 is 11.6 Å². The molecule has 1 aliphatic heterocycles. The minimum atomic E-state index is 0.0676. The monoisotopic (exact) mass is 229 g/mol. The van der Waals surface area contributed by atoms with Crippen LogP contribution in [0.4, 0.5) is 0 Å². The second-order valence-corrected chi connectivity index (χ2v) is 3.63. The van der Waals surface area contributed by atoms with Gasteiger partial charge < -0.3 is 14.8 Å². The summed E-state index contributed by atoms with van der Waals surface area (Å²) in [6, 6.07) is 0.327. The highest BCUT2D eigenvalue weighted by Crippen LogP contribution is 2.08. The van der Waals surface area contributed by atoms with Crippen molar-refractivity contribution in [2.24, 2.45) is 0 Å². The second kappa shape index (κ2) is 5.25. The van der Waals surface area contributed by atoms with Gasteiger partial charge in [0.25, 0.3) is 0 Å². The van der Waals surface area contributed by atoms with E-state index in [1.165, 1.54) is 12.4 Å². The first-order valence-corrected chi connectivity index (χ1v) is 5.15. The Morgan fingerprint density at radius 2 is 2.33 bits per heavy atom. The molecule has 0 aliphatic carbocycles. The van der Waals surface area contributed by atoms with E-state index in [0.29, 0.717) is 17.6 Å². The van der Waals surface area contributed by atoms with Crippen LogP contribution >= 0.6 is 11.6 Å². The summed E-state index contributed by atoms with van der Waals surface area (Å²) in [5.74, 6) is 0. The van der Waals surface area contributed by atoms with Crippen molar-refractivity contribution in [3.8, 4) is 6.01 Å². The Kier molecular flexibility index (Phi) is 3.71. The molecular formula is C9H12ClN3O2. The van der Waals surface area contributed by atoms with Gasteiger partial charge in [-0.3, -0.25) is 0 Å². The molecule has 1 aliphatic rings. The molecule has 82 valence electrons. The first-order chi connectivity index (χ1) is 7.34. The number of aromatic nitrogens is 2. The normalized spacial score (nSPS) is 21.3. The molecule has 1 unspecified atom stereocenters. The van der Waals surface area contributed by atoms with Crippen molar-refractivity contribution in [1.29, 1.82) is 0 Å². The van der Waals surface area contributed by atoms with Crippen molar-refractivity contribution in [2.45, 2.75) is 6.10 Å². The van der Waals surface area contributed by atoms with Gasteiger partial charge in [-0.2, -0.15) is 0 Å². The van der Waals surface area contributed by atoms with Gasteiger partial charge in [-0.15, -0.1) is 0 Å². The lowest BCUT2D eigenvalue weighted by atomic mass is 10.3. The number of morpholine rings is 1. The van der Waals surface area contributed by atoms with Crippen LogP contribution in [-0.2, 0) is 4.74 Å². The molecule has 2 rings (SSSR count). The number of nitrogens with zero attached hydrogens (tertiary/aromatic N) is 2. The van der Waals surface area contributed by atoms with E-state index in [9.17, 15) is 0 Å². The summed E-state index contributed by atoms with van der Waals surface area (Å²) < 4.78 is 10.8. The minimum Gasteiger partial charge on any atom is -0.461 e. The fourth-order valence-corrected chi connectivity index (χ4v) is 1.37. The summed E-state index contributed by atoms with van der Waals surface area (Å²) in [6.45, 7) is 2.87.